The molecule has 2 aromatic rings. The van der Waals surface area contributed by atoms with Crippen molar-refractivity contribution in [2.24, 2.45) is 11.3 Å². The van der Waals surface area contributed by atoms with E-state index in [1.54, 1.807) is 11.1 Å². The first-order valence-electron chi connectivity index (χ1n) is 11.6. The Labute approximate surface area is 191 Å². The fraction of sp³-hybridized carbons (Fsp3) is 0.444. The minimum atomic E-state index is -0.588. The molecule has 168 valence electrons. The van der Waals surface area contributed by atoms with Gasteiger partial charge in [-0.25, -0.2) is 0 Å². The second-order valence-electron chi connectivity index (χ2n) is 9.44. The highest BCUT2D eigenvalue weighted by atomic mass is 16.2. The van der Waals surface area contributed by atoms with Crippen molar-refractivity contribution >= 4 is 11.8 Å². The highest BCUT2D eigenvalue weighted by Gasteiger charge is 2.45. The molecule has 5 heteroatoms. The molecule has 2 atom stereocenters. The summed E-state index contributed by atoms with van der Waals surface area (Å²) in [5.74, 6) is 0.388. The van der Waals surface area contributed by atoms with Gasteiger partial charge in [-0.05, 0) is 61.3 Å². The van der Waals surface area contributed by atoms with Gasteiger partial charge < -0.3 is 9.80 Å². The number of rotatable bonds is 5. The van der Waals surface area contributed by atoms with Crippen LogP contribution >= 0.6 is 0 Å². The molecular formula is C27H33N3O2. The van der Waals surface area contributed by atoms with Crippen molar-refractivity contribution < 1.29 is 9.59 Å². The Morgan fingerprint density at radius 2 is 2.00 bits per heavy atom. The topological polar surface area (TPSA) is 53.5 Å². The van der Waals surface area contributed by atoms with E-state index < -0.39 is 5.41 Å². The summed E-state index contributed by atoms with van der Waals surface area (Å²) in [7, 11) is 3.64. The number of allylic oxidation sites excluding steroid dienone is 2. The largest absolute Gasteiger partial charge is 0.348 e. The lowest BCUT2D eigenvalue weighted by Gasteiger charge is -2.44. The Hall–Kier alpha value is -2.95. The number of benzene rings is 1. The third kappa shape index (κ3) is 4.77. The molecule has 1 aromatic carbocycles. The fourth-order valence-electron chi connectivity index (χ4n) is 5.25. The van der Waals surface area contributed by atoms with Crippen LogP contribution in [0.15, 0.2) is 60.9 Å². The first-order chi connectivity index (χ1) is 15.5. The Kier molecular flexibility index (Phi) is 6.73. The number of aromatic nitrogens is 1. The van der Waals surface area contributed by atoms with Crippen LogP contribution < -0.4 is 0 Å². The maximum atomic E-state index is 13.5. The number of carbonyl (C=O) groups excluding carboxylic acids is 2. The van der Waals surface area contributed by atoms with E-state index in [-0.39, 0.29) is 17.7 Å². The second kappa shape index (κ2) is 9.68. The summed E-state index contributed by atoms with van der Waals surface area (Å²) in [6, 6.07) is 12.4. The van der Waals surface area contributed by atoms with Crippen LogP contribution in [0.2, 0.25) is 0 Å². The van der Waals surface area contributed by atoms with E-state index in [0.29, 0.717) is 13.0 Å². The van der Waals surface area contributed by atoms with Crippen LogP contribution in [0.25, 0.3) is 11.1 Å². The monoisotopic (exact) mass is 431 g/mol. The third-order valence-corrected chi connectivity index (χ3v) is 6.83. The first-order valence-corrected chi connectivity index (χ1v) is 11.6. The molecule has 5 nitrogen and oxygen atoms in total. The summed E-state index contributed by atoms with van der Waals surface area (Å²) >= 11 is 0. The van der Waals surface area contributed by atoms with E-state index >= 15 is 0 Å². The molecule has 2 unspecified atom stereocenters. The number of pyridine rings is 1. The number of carbonyl (C=O) groups is 2. The van der Waals surface area contributed by atoms with Crippen molar-refractivity contribution in [1.29, 1.82) is 0 Å². The molecule has 32 heavy (non-hydrogen) atoms. The summed E-state index contributed by atoms with van der Waals surface area (Å²) in [5, 5.41) is 0. The maximum absolute atomic E-state index is 13.5. The summed E-state index contributed by atoms with van der Waals surface area (Å²) < 4.78 is 0. The minimum absolute atomic E-state index is 0.0548. The van der Waals surface area contributed by atoms with Crippen LogP contribution in [0.1, 0.15) is 37.7 Å². The number of likely N-dealkylation sites (tertiary alicyclic amines) is 1. The molecule has 1 saturated heterocycles. The van der Waals surface area contributed by atoms with E-state index in [9.17, 15) is 9.59 Å². The van der Waals surface area contributed by atoms with Gasteiger partial charge in [-0.3, -0.25) is 14.6 Å². The van der Waals surface area contributed by atoms with Crippen LogP contribution in [0.3, 0.4) is 0 Å². The van der Waals surface area contributed by atoms with E-state index in [1.807, 2.05) is 43.4 Å². The molecule has 1 aliphatic carbocycles. The average molecular weight is 432 g/mol. The van der Waals surface area contributed by atoms with Gasteiger partial charge in [0.25, 0.3) is 0 Å². The van der Waals surface area contributed by atoms with Crippen molar-refractivity contribution in [2.45, 2.75) is 38.5 Å². The maximum Gasteiger partial charge on any atom is 0.230 e. The molecule has 0 radical (unpaired) electrons. The molecular weight excluding hydrogens is 398 g/mol. The Morgan fingerprint density at radius 3 is 2.72 bits per heavy atom. The summed E-state index contributed by atoms with van der Waals surface area (Å²) in [4.78, 5) is 34.7. The van der Waals surface area contributed by atoms with Crippen molar-refractivity contribution in [2.75, 3.05) is 27.2 Å². The lowest BCUT2D eigenvalue weighted by Crippen LogP contribution is -2.55. The zero-order valence-corrected chi connectivity index (χ0v) is 19.2. The van der Waals surface area contributed by atoms with Gasteiger partial charge in [0.1, 0.15) is 0 Å². The minimum Gasteiger partial charge on any atom is -0.348 e. The first kappa shape index (κ1) is 22.3. The SMILES string of the molecule is CN(C)C(=O)C1(Cc2cccc(-c3cccnc3)c2)CCCN(C(=O)C2CC=CCC2)C1. The second-order valence-corrected chi connectivity index (χ2v) is 9.44. The van der Waals surface area contributed by atoms with Gasteiger partial charge in [-0.2, -0.15) is 0 Å². The van der Waals surface area contributed by atoms with Crippen molar-refractivity contribution in [3.8, 4) is 11.1 Å². The Morgan fingerprint density at radius 1 is 1.16 bits per heavy atom. The quantitative estimate of drug-likeness (QED) is 0.662. The molecule has 1 aliphatic heterocycles. The van der Waals surface area contributed by atoms with Gasteiger partial charge in [0.15, 0.2) is 0 Å². The molecule has 1 fully saturated rings. The van der Waals surface area contributed by atoms with Crippen LogP contribution in [-0.2, 0) is 16.0 Å². The molecule has 2 amide bonds. The predicted molar refractivity (Wildman–Crippen MR) is 127 cm³/mol. The van der Waals surface area contributed by atoms with E-state index in [0.717, 1.165) is 55.3 Å². The van der Waals surface area contributed by atoms with Gasteiger partial charge >= 0.3 is 0 Å². The summed E-state index contributed by atoms with van der Waals surface area (Å²) in [6.07, 6.45) is 12.9. The van der Waals surface area contributed by atoms with Gasteiger partial charge in [0.2, 0.25) is 11.8 Å². The van der Waals surface area contributed by atoms with Crippen LogP contribution in [0, 0.1) is 11.3 Å². The number of piperidine rings is 1. The van der Waals surface area contributed by atoms with Crippen molar-refractivity contribution in [1.82, 2.24) is 14.8 Å². The lowest BCUT2D eigenvalue weighted by atomic mass is 9.73. The molecule has 2 aliphatic rings. The van der Waals surface area contributed by atoms with E-state index in [1.165, 1.54) is 0 Å². The number of hydrogen-bond acceptors (Lipinski definition) is 3. The molecule has 0 N–H and O–H groups in total. The van der Waals surface area contributed by atoms with E-state index in [2.05, 4.69) is 35.3 Å². The van der Waals surface area contributed by atoms with Crippen molar-refractivity contribution in [3.05, 3.63) is 66.5 Å². The smallest absolute Gasteiger partial charge is 0.230 e. The molecule has 0 saturated carbocycles. The third-order valence-electron chi connectivity index (χ3n) is 6.83. The summed E-state index contributed by atoms with van der Waals surface area (Å²) in [5.41, 5.74) is 2.69. The average Bonchev–Trinajstić information content (AvgIpc) is 2.84. The predicted octanol–water partition coefficient (Wildman–Crippen LogP) is 4.34. The van der Waals surface area contributed by atoms with Gasteiger partial charge in [0, 0.05) is 45.5 Å². The van der Waals surface area contributed by atoms with Crippen LogP contribution in [0.5, 0.6) is 0 Å². The van der Waals surface area contributed by atoms with Gasteiger partial charge in [0.05, 0.1) is 5.41 Å². The Bertz CT molecular complexity index is 985. The number of hydrogen-bond donors (Lipinski definition) is 0. The standard InChI is InChI=1S/C27H33N3O2/c1-29(2)26(32)27(14-8-16-30(20-27)25(31)22-10-4-3-5-11-22)18-21-9-6-12-23(17-21)24-13-7-15-28-19-24/h3-4,6-7,9,12-13,15,17,19,22H,5,8,10-11,14,16,18,20H2,1-2H3. The van der Waals surface area contributed by atoms with Crippen LogP contribution in [0.4, 0.5) is 0 Å². The van der Waals surface area contributed by atoms with E-state index in [4.69, 9.17) is 0 Å². The van der Waals surface area contributed by atoms with Gasteiger partial charge in [-0.15, -0.1) is 0 Å². The fourth-order valence-corrected chi connectivity index (χ4v) is 5.25. The number of amides is 2. The highest BCUT2D eigenvalue weighted by molar-refractivity contribution is 5.85. The lowest BCUT2D eigenvalue weighted by molar-refractivity contribution is -0.149. The molecule has 4 rings (SSSR count). The molecule has 2 heterocycles. The zero-order chi connectivity index (χ0) is 22.6. The number of nitrogens with zero attached hydrogens (tertiary/aromatic N) is 3. The van der Waals surface area contributed by atoms with Gasteiger partial charge in [-0.1, -0.05) is 42.5 Å². The van der Waals surface area contributed by atoms with Crippen LogP contribution in [-0.4, -0.2) is 53.8 Å². The summed E-state index contributed by atoms with van der Waals surface area (Å²) in [6.45, 7) is 1.25. The molecule has 1 aromatic heterocycles. The molecule has 0 bridgehead atoms. The highest BCUT2D eigenvalue weighted by Crippen LogP contribution is 2.37. The Balaban J connectivity index is 1.60. The van der Waals surface area contributed by atoms with Crippen molar-refractivity contribution in [3.63, 3.8) is 0 Å². The zero-order valence-electron chi connectivity index (χ0n) is 19.2. The molecule has 0 spiro atoms. The normalized spacial score (nSPS) is 23.1.